The number of thioether (sulfide) groups is 1. The van der Waals surface area contributed by atoms with Gasteiger partial charge in [0.05, 0.1) is 12.9 Å². The molecule has 0 saturated carbocycles. The van der Waals surface area contributed by atoms with E-state index in [4.69, 9.17) is 4.74 Å². The molecule has 0 aliphatic carbocycles. The summed E-state index contributed by atoms with van der Waals surface area (Å²) in [6, 6.07) is 13.7. The van der Waals surface area contributed by atoms with Crippen molar-refractivity contribution in [2.45, 2.75) is 32.3 Å². The van der Waals surface area contributed by atoms with Crippen molar-refractivity contribution in [1.29, 1.82) is 0 Å². The Bertz CT molecular complexity index is 967. The second kappa shape index (κ2) is 8.93. The molecule has 2 aromatic carbocycles. The van der Waals surface area contributed by atoms with Gasteiger partial charge in [-0.05, 0) is 55.7 Å². The van der Waals surface area contributed by atoms with E-state index in [1.54, 1.807) is 7.11 Å². The Kier molecular flexibility index (Phi) is 6.36. The number of nitrogens with one attached hydrogen (secondary N) is 1. The number of aryl methyl sites for hydroxylation is 3. The zero-order chi connectivity index (χ0) is 20.1. The van der Waals surface area contributed by atoms with Crippen molar-refractivity contribution in [3.05, 3.63) is 59.4 Å². The summed E-state index contributed by atoms with van der Waals surface area (Å²) in [5, 5.41) is 12.1. The summed E-state index contributed by atoms with van der Waals surface area (Å²) >= 11 is 1.37. The van der Waals surface area contributed by atoms with Crippen LogP contribution in [-0.2, 0) is 11.2 Å². The standard InChI is InChI=1S/C21H24N4O2S/c1-5-16-8-6-7-14(2)20(16)22-19(26)13-28-21-24-23-15(3)25(21)17-9-11-18(27-4)12-10-17/h6-12H,5,13H2,1-4H3,(H,22,26). The monoisotopic (exact) mass is 396 g/mol. The maximum absolute atomic E-state index is 12.5. The van der Waals surface area contributed by atoms with Crippen molar-refractivity contribution in [3.8, 4) is 11.4 Å². The molecule has 0 radical (unpaired) electrons. The Morgan fingerprint density at radius 1 is 1.14 bits per heavy atom. The van der Waals surface area contributed by atoms with Gasteiger partial charge < -0.3 is 10.1 Å². The lowest BCUT2D eigenvalue weighted by molar-refractivity contribution is -0.113. The summed E-state index contributed by atoms with van der Waals surface area (Å²) in [5.74, 6) is 1.75. The van der Waals surface area contributed by atoms with E-state index in [1.165, 1.54) is 11.8 Å². The third-order valence-electron chi connectivity index (χ3n) is 4.46. The van der Waals surface area contributed by atoms with E-state index < -0.39 is 0 Å². The number of anilines is 1. The number of para-hydroxylation sites is 1. The average molecular weight is 397 g/mol. The van der Waals surface area contributed by atoms with E-state index >= 15 is 0 Å². The number of hydrogen-bond acceptors (Lipinski definition) is 5. The molecule has 3 rings (SSSR count). The highest BCUT2D eigenvalue weighted by Gasteiger charge is 2.15. The summed E-state index contributed by atoms with van der Waals surface area (Å²) in [7, 11) is 1.64. The van der Waals surface area contributed by atoms with Gasteiger partial charge in [0.2, 0.25) is 5.91 Å². The molecular formula is C21H24N4O2S. The molecule has 3 aromatic rings. The Balaban J connectivity index is 1.72. The highest BCUT2D eigenvalue weighted by Crippen LogP contribution is 2.25. The molecule has 0 aliphatic heterocycles. The summed E-state index contributed by atoms with van der Waals surface area (Å²) in [4.78, 5) is 12.5. The Labute approximate surface area is 169 Å². The second-order valence-corrected chi connectivity index (χ2v) is 7.31. The number of amides is 1. The zero-order valence-electron chi connectivity index (χ0n) is 16.5. The van der Waals surface area contributed by atoms with Crippen LogP contribution in [0.2, 0.25) is 0 Å². The number of rotatable bonds is 7. The largest absolute Gasteiger partial charge is 0.497 e. The van der Waals surface area contributed by atoms with E-state index in [1.807, 2.05) is 60.9 Å². The normalized spacial score (nSPS) is 10.7. The smallest absolute Gasteiger partial charge is 0.234 e. The molecule has 1 aromatic heterocycles. The van der Waals surface area contributed by atoms with Crippen LogP contribution in [0.1, 0.15) is 23.9 Å². The number of carbonyl (C=O) groups is 1. The fraction of sp³-hybridized carbons (Fsp3) is 0.286. The molecule has 1 amide bonds. The van der Waals surface area contributed by atoms with E-state index in [2.05, 4.69) is 22.4 Å². The van der Waals surface area contributed by atoms with Crippen LogP contribution < -0.4 is 10.1 Å². The van der Waals surface area contributed by atoms with Crippen LogP contribution in [0.25, 0.3) is 5.69 Å². The molecule has 0 saturated heterocycles. The van der Waals surface area contributed by atoms with Crippen LogP contribution in [0.4, 0.5) is 5.69 Å². The number of nitrogens with zero attached hydrogens (tertiary/aromatic N) is 3. The van der Waals surface area contributed by atoms with E-state index in [0.717, 1.165) is 40.5 Å². The fourth-order valence-electron chi connectivity index (χ4n) is 2.97. The summed E-state index contributed by atoms with van der Waals surface area (Å²) in [6.07, 6.45) is 0.870. The molecule has 1 heterocycles. The third-order valence-corrected chi connectivity index (χ3v) is 5.39. The summed E-state index contributed by atoms with van der Waals surface area (Å²) < 4.78 is 7.15. The van der Waals surface area contributed by atoms with Crippen LogP contribution >= 0.6 is 11.8 Å². The van der Waals surface area contributed by atoms with Crippen LogP contribution in [0, 0.1) is 13.8 Å². The molecule has 0 fully saturated rings. The van der Waals surface area contributed by atoms with Gasteiger partial charge in [0.1, 0.15) is 11.6 Å². The molecule has 0 aliphatic rings. The first-order valence-electron chi connectivity index (χ1n) is 9.11. The van der Waals surface area contributed by atoms with E-state index in [0.29, 0.717) is 5.16 Å². The molecule has 1 N–H and O–H groups in total. The van der Waals surface area contributed by atoms with Gasteiger partial charge in [-0.3, -0.25) is 9.36 Å². The molecular weight excluding hydrogens is 372 g/mol. The first-order chi connectivity index (χ1) is 13.5. The SMILES string of the molecule is CCc1cccc(C)c1NC(=O)CSc1nnc(C)n1-c1ccc(OC)cc1. The van der Waals surface area contributed by atoms with Gasteiger partial charge in [-0.25, -0.2) is 0 Å². The lowest BCUT2D eigenvalue weighted by Crippen LogP contribution is -2.16. The minimum absolute atomic E-state index is 0.0593. The minimum atomic E-state index is -0.0593. The minimum Gasteiger partial charge on any atom is -0.497 e. The fourth-order valence-corrected chi connectivity index (χ4v) is 3.77. The van der Waals surface area contributed by atoms with Crippen LogP contribution in [0.3, 0.4) is 0 Å². The Morgan fingerprint density at radius 2 is 1.89 bits per heavy atom. The number of aromatic nitrogens is 3. The molecule has 7 heteroatoms. The maximum atomic E-state index is 12.5. The zero-order valence-corrected chi connectivity index (χ0v) is 17.3. The maximum Gasteiger partial charge on any atom is 0.234 e. The van der Waals surface area contributed by atoms with Crippen molar-refractivity contribution in [2.75, 3.05) is 18.2 Å². The van der Waals surface area contributed by atoms with Crippen molar-refractivity contribution in [1.82, 2.24) is 14.8 Å². The van der Waals surface area contributed by atoms with Gasteiger partial charge in [0.15, 0.2) is 5.16 Å². The number of benzene rings is 2. The Hall–Kier alpha value is -2.80. The predicted molar refractivity (Wildman–Crippen MR) is 113 cm³/mol. The van der Waals surface area contributed by atoms with Gasteiger partial charge in [-0.2, -0.15) is 0 Å². The average Bonchev–Trinajstić information content (AvgIpc) is 3.08. The predicted octanol–water partition coefficient (Wildman–Crippen LogP) is 4.19. The van der Waals surface area contributed by atoms with Crippen molar-refractivity contribution in [2.24, 2.45) is 0 Å². The lowest BCUT2D eigenvalue weighted by Gasteiger charge is -2.13. The molecule has 6 nitrogen and oxygen atoms in total. The van der Waals surface area contributed by atoms with Gasteiger partial charge in [-0.1, -0.05) is 36.9 Å². The van der Waals surface area contributed by atoms with E-state index in [9.17, 15) is 4.79 Å². The first-order valence-corrected chi connectivity index (χ1v) is 10.1. The van der Waals surface area contributed by atoms with Crippen LogP contribution in [0.5, 0.6) is 5.75 Å². The molecule has 28 heavy (non-hydrogen) atoms. The summed E-state index contributed by atoms with van der Waals surface area (Å²) in [5.41, 5.74) is 4.03. The molecule has 0 bridgehead atoms. The van der Waals surface area contributed by atoms with Gasteiger partial charge in [0, 0.05) is 11.4 Å². The van der Waals surface area contributed by atoms with Crippen LogP contribution in [-0.4, -0.2) is 33.5 Å². The van der Waals surface area contributed by atoms with Crippen molar-refractivity contribution in [3.63, 3.8) is 0 Å². The number of methoxy groups -OCH3 is 1. The first kappa shape index (κ1) is 19.9. The van der Waals surface area contributed by atoms with Gasteiger partial charge >= 0.3 is 0 Å². The van der Waals surface area contributed by atoms with Crippen LogP contribution in [0.15, 0.2) is 47.6 Å². The topological polar surface area (TPSA) is 69.0 Å². The number of ether oxygens (including phenoxy) is 1. The molecule has 0 unspecified atom stereocenters. The highest BCUT2D eigenvalue weighted by molar-refractivity contribution is 7.99. The third kappa shape index (κ3) is 4.36. The highest BCUT2D eigenvalue weighted by atomic mass is 32.2. The molecule has 0 atom stereocenters. The summed E-state index contributed by atoms with van der Waals surface area (Å²) in [6.45, 7) is 5.98. The second-order valence-electron chi connectivity index (χ2n) is 6.36. The van der Waals surface area contributed by atoms with Crippen molar-refractivity contribution >= 4 is 23.4 Å². The van der Waals surface area contributed by atoms with Crippen molar-refractivity contribution < 1.29 is 9.53 Å². The number of carbonyl (C=O) groups excluding carboxylic acids is 1. The van der Waals surface area contributed by atoms with E-state index in [-0.39, 0.29) is 11.7 Å². The van der Waals surface area contributed by atoms with Gasteiger partial charge in [-0.15, -0.1) is 10.2 Å². The van der Waals surface area contributed by atoms with Gasteiger partial charge in [0.25, 0.3) is 0 Å². The number of hydrogen-bond donors (Lipinski definition) is 1. The lowest BCUT2D eigenvalue weighted by atomic mass is 10.1. The molecule has 0 spiro atoms. The molecule has 146 valence electrons. The Morgan fingerprint density at radius 3 is 2.57 bits per heavy atom. The quantitative estimate of drug-likeness (QED) is 0.607.